The number of aromatic nitrogens is 3. The number of guanidine groups is 1. The quantitative estimate of drug-likeness (QED) is 0.572. The topological polar surface area (TPSA) is 67.1 Å². The summed E-state index contributed by atoms with van der Waals surface area (Å²) in [5.41, 5.74) is 1.20. The molecule has 2 N–H and O–H groups in total. The van der Waals surface area contributed by atoms with Crippen molar-refractivity contribution < 1.29 is 0 Å². The summed E-state index contributed by atoms with van der Waals surface area (Å²) in [6.07, 6.45) is 2.33. The van der Waals surface area contributed by atoms with Crippen LogP contribution >= 0.6 is 0 Å². The Labute approximate surface area is 150 Å². The molecule has 0 atom stereocenters. The van der Waals surface area contributed by atoms with Gasteiger partial charge in [0.05, 0.1) is 13.1 Å². The molecule has 0 spiro atoms. The van der Waals surface area contributed by atoms with Crippen LogP contribution in [-0.4, -0.2) is 27.3 Å². The van der Waals surface area contributed by atoms with Gasteiger partial charge in [-0.1, -0.05) is 57.0 Å². The van der Waals surface area contributed by atoms with Gasteiger partial charge in [0, 0.05) is 13.6 Å². The van der Waals surface area contributed by atoms with Gasteiger partial charge in [-0.3, -0.25) is 0 Å². The molecule has 0 aliphatic carbocycles. The summed E-state index contributed by atoms with van der Waals surface area (Å²) in [4.78, 5) is 4.72. The number of hydrogen-bond acceptors (Lipinski definition) is 3. The molecule has 0 bridgehead atoms. The van der Waals surface area contributed by atoms with E-state index < -0.39 is 0 Å². The van der Waals surface area contributed by atoms with Crippen molar-refractivity contribution in [1.82, 2.24) is 25.4 Å². The first-order chi connectivity index (χ1) is 12.1. The molecule has 6 nitrogen and oxygen atoms in total. The Hall–Kier alpha value is -2.37. The van der Waals surface area contributed by atoms with Gasteiger partial charge in [-0.25, -0.2) is 4.99 Å². The zero-order chi connectivity index (χ0) is 18.1. The van der Waals surface area contributed by atoms with Crippen molar-refractivity contribution in [3.05, 3.63) is 47.5 Å². The summed E-state index contributed by atoms with van der Waals surface area (Å²) in [5.74, 6) is 3.27. The normalized spacial score (nSPS) is 11.8. The summed E-state index contributed by atoms with van der Waals surface area (Å²) < 4.78 is 1.99. The maximum Gasteiger partial charge on any atom is 0.191 e. The van der Waals surface area contributed by atoms with Gasteiger partial charge in [-0.2, -0.15) is 0 Å². The third kappa shape index (κ3) is 5.89. The summed E-state index contributed by atoms with van der Waals surface area (Å²) in [7, 11) is 1.98. The maximum atomic E-state index is 4.72. The molecule has 6 heteroatoms. The van der Waals surface area contributed by atoms with Crippen LogP contribution in [0.3, 0.4) is 0 Å². The van der Waals surface area contributed by atoms with Gasteiger partial charge in [-0.05, 0) is 18.4 Å². The molecule has 1 aromatic heterocycles. The lowest BCUT2D eigenvalue weighted by Gasteiger charge is -2.17. The molecule has 0 saturated carbocycles. The van der Waals surface area contributed by atoms with Crippen LogP contribution in [0, 0.1) is 12.8 Å². The highest BCUT2D eigenvalue weighted by molar-refractivity contribution is 5.79. The molecule has 0 unspecified atom stereocenters. The van der Waals surface area contributed by atoms with E-state index in [1.165, 1.54) is 5.56 Å². The third-order valence-electron chi connectivity index (χ3n) is 4.57. The zero-order valence-electron chi connectivity index (χ0n) is 15.8. The van der Waals surface area contributed by atoms with E-state index in [2.05, 4.69) is 46.8 Å². The fraction of sp³-hybridized carbons (Fsp3) is 0.526. The number of hydrogen-bond donors (Lipinski definition) is 2. The van der Waals surface area contributed by atoms with E-state index >= 15 is 0 Å². The minimum atomic E-state index is 0.598. The molecule has 0 amide bonds. The van der Waals surface area contributed by atoms with Crippen LogP contribution in [0.2, 0.25) is 0 Å². The number of nitrogens with zero attached hydrogens (tertiary/aromatic N) is 4. The van der Waals surface area contributed by atoms with Crippen molar-refractivity contribution >= 4 is 5.96 Å². The average molecular weight is 342 g/mol. The van der Waals surface area contributed by atoms with Gasteiger partial charge in [-0.15, -0.1) is 10.2 Å². The molecule has 0 fully saturated rings. The van der Waals surface area contributed by atoms with E-state index in [1.54, 1.807) is 0 Å². The molecule has 25 heavy (non-hydrogen) atoms. The van der Waals surface area contributed by atoms with Crippen LogP contribution in [-0.2, 0) is 20.1 Å². The Morgan fingerprint density at radius 1 is 1.12 bits per heavy atom. The van der Waals surface area contributed by atoms with E-state index in [1.807, 2.05) is 36.7 Å². The molecule has 0 aliphatic rings. The van der Waals surface area contributed by atoms with Crippen molar-refractivity contribution in [2.24, 2.45) is 18.0 Å². The van der Waals surface area contributed by atoms with E-state index in [9.17, 15) is 0 Å². The predicted octanol–water partition coefficient (Wildman–Crippen LogP) is 2.80. The minimum absolute atomic E-state index is 0.598. The SMILES string of the molecule is CCC(CC)CNC(=NCc1ccccc1)NCc1nnc(C)n1C. The first-order valence-corrected chi connectivity index (χ1v) is 9.05. The molecule has 0 saturated heterocycles. The Morgan fingerprint density at radius 3 is 2.44 bits per heavy atom. The molecule has 0 radical (unpaired) electrons. The van der Waals surface area contributed by atoms with Crippen LogP contribution in [0.25, 0.3) is 0 Å². The van der Waals surface area contributed by atoms with Gasteiger partial charge in [0.15, 0.2) is 11.8 Å². The molecular formula is C19H30N6. The highest BCUT2D eigenvalue weighted by atomic mass is 15.3. The van der Waals surface area contributed by atoms with Crippen molar-refractivity contribution in [1.29, 1.82) is 0 Å². The highest BCUT2D eigenvalue weighted by Gasteiger charge is 2.08. The second-order valence-electron chi connectivity index (χ2n) is 6.29. The summed E-state index contributed by atoms with van der Waals surface area (Å²) >= 11 is 0. The van der Waals surface area contributed by atoms with Crippen LogP contribution in [0.5, 0.6) is 0 Å². The lowest BCUT2D eigenvalue weighted by atomic mass is 10.0. The number of nitrogens with one attached hydrogen (secondary N) is 2. The van der Waals surface area contributed by atoms with Crippen LogP contribution in [0.1, 0.15) is 43.9 Å². The Bertz CT molecular complexity index is 658. The number of benzene rings is 1. The highest BCUT2D eigenvalue weighted by Crippen LogP contribution is 2.05. The first kappa shape index (κ1) is 19.0. The number of rotatable bonds is 8. The van der Waals surface area contributed by atoms with Gasteiger partial charge < -0.3 is 15.2 Å². The van der Waals surface area contributed by atoms with Gasteiger partial charge in [0.25, 0.3) is 0 Å². The Morgan fingerprint density at radius 2 is 1.84 bits per heavy atom. The minimum Gasteiger partial charge on any atom is -0.356 e. The summed E-state index contributed by atoms with van der Waals surface area (Å²) in [6.45, 7) is 8.58. The van der Waals surface area contributed by atoms with E-state index in [0.29, 0.717) is 19.0 Å². The van der Waals surface area contributed by atoms with Crippen molar-refractivity contribution in [2.75, 3.05) is 6.54 Å². The maximum absolute atomic E-state index is 4.72. The van der Waals surface area contributed by atoms with Crippen LogP contribution < -0.4 is 10.6 Å². The van der Waals surface area contributed by atoms with E-state index in [0.717, 1.165) is 37.0 Å². The monoisotopic (exact) mass is 342 g/mol. The molecular weight excluding hydrogens is 312 g/mol. The first-order valence-electron chi connectivity index (χ1n) is 9.05. The summed E-state index contributed by atoms with van der Waals surface area (Å²) in [6, 6.07) is 10.3. The molecule has 1 aromatic carbocycles. The molecule has 2 aromatic rings. The van der Waals surface area contributed by atoms with Crippen molar-refractivity contribution in [3.63, 3.8) is 0 Å². The average Bonchev–Trinajstić information content (AvgIpc) is 2.97. The largest absolute Gasteiger partial charge is 0.356 e. The number of aryl methyl sites for hydroxylation is 1. The van der Waals surface area contributed by atoms with Gasteiger partial charge >= 0.3 is 0 Å². The fourth-order valence-corrected chi connectivity index (χ4v) is 2.51. The molecule has 0 aliphatic heterocycles. The molecule has 1 heterocycles. The third-order valence-corrected chi connectivity index (χ3v) is 4.57. The van der Waals surface area contributed by atoms with Crippen LogP contribution in [0.4, 0.5) is 0 Å². The standard InChI is InChI=1S/C19H30N6/c1-5-16(6-2)12-20-19(21-13-17-10-8-7-9-11-17)22-14-18-24-23-15(3)25(18)4/h7-11,16H,5-6,12-14H2,1-4H3,(H2,20,21,22). The smallest absolute Gasteiger partial charge is 0.191 e. The summed E-state index contributed by atoms with van der Waals surface area (Å²) in [5, 5.41) is 15.2. The zero-order valence-corrected chi connectivity index (χ0v) is 15.8. The molecule has 136 valence electrons. The Balaban J connectivity index is 2.01. The fourth-order valence-electron chi connectivity index (χ4n) is 2.51. The lowest BCUT2D eigenvalue weighted by molar-refractivity contribution is 0.480. The second-order valence-corrected chi connectivity index (χ2v) is 6.29. The van der Waals surface area contributed by atoms with Gasteiger partial charge in [0.2, 0.25) is 0 Å². The van der Waals surface area contributed by atoms with Crippen molar-refractivity contribution in [2.45, 2.75) is 46.7 Å². The lowest BCUT2D eigenvalue weighted by Crippen LogP contribution is -2.40. The van der Waals surface area contributed by atoms with E-state index in [4.69, 9.17) is 4.99 Å². The predicted molar refractivity (Wildman–Crippen MR) is 102 cm³/mol. The molecule has 2 rings (SSSR count). The van der Waals surface area contributed by atoms with Gasteiger partial charge in [0.1, 0.15) is 5.82 Å². The van der Waals surface area contributed by atoms with Crippen LogP contribution in [0.15, 0.2) is 35.3 Å². The second kappa shape index (κ2) is 9.81. The number of aliphatic imine (C=N–C) groups is 1. The van der Waals surface area contributed by atoms with E-state index in [-0.39, 0.29) is 0 Å². The Kier molecular flexibility index (Phi) is 7.44. The van der Waals surface area contributed by atoms with Crippen molar-refractivity contribution in [3.8, 4) is 0 Å².